The highest BCUT2D eigenvalue weighted by atomic mass is 32.2. The van der Waals surface area contributed by atoms with Crippen LogP contribution in [-0.2, 0) is 78.7 Å². The molecule has 0 amide bonds. The molecule has 0 aliphatic heterocycles. The van der Waals surface area contributed by atoms with Crippen LogP contribution in [0.4, 0.5) is 51.2 Å². The van der Waals surface area contributed by atoms with Gasteiger partial charge in [-0.3, -0.25) is 22.8 Å². The molecule has 0 aromatic heterocycles. The lowest BCUT2D eigenvalue weighted by Crippen LogP contribution is -2.03. The molecule has 94 heavy (non-hydrogen) atoms. The minimum absolute atomic E-state index is 0.0244. The maximum absolute atomic E-state index is 13.3. The van der Waals surface area contributed by atoms with Gasteiger partial charge in [0.15, 0.2) is 17.2 Å². The number of nitrogens with two attached hydrogens (primary N) is 1. The second-order valence-corrected chi connectivity index (χ2v) is 27.9. The summed E-state index contributed by atoms with van der Waals surface area (Å²) in [6, 6.07) is 23.5. The van der Waals surface area contributed by atoms with Gasteiger partial charge in [0.1, 0.15) is 53.7 Å². The van der Waals surface area contributed by atoms with Crippen molar-refractivity contribution in [2.24, 2.45) is 40.9 Å². The molecule has 0 radical (unpaired) electrons. The SMILES string of the molecule is Nc1c(N=Nc2ccc3c(O)c(N=Nc4ccc5cc(S(=O)(=O)O)ccc5c4)c(S(=O)(=O)O)cc3c2S(=O)(=O)O)cc(S(=O)(=O)O)c2cc(SOOO)c(N=Nc3ccc4c(O)c(N=Nc5ccc6cc(SOOO)ccc6c5)c(SOOO)cc4c3S(=O)(=O)O)c(O)c12. The van der Waals surface area contributed by atoms with Crippen LogP contribution in [-0.4, -0.2) is 95.9 Å². The first kappa shape index (κ1) is 68.2. The molecule has 44 heteroatoms. The van der Waals surface area contributed by atoms with Crippen LogP contribution in [0, 0.1) is 0 Å². The van der Waals surface area contributed by atoms with Gasteiger partial charge in [-0.1, -0.05) is 39.4 Å². The van der Waals surface area contributed by atoms with E-state index in [4.69, 9.17) is 21.5 Å². The number of nitrogens with zero attached hydrogens (tertiary/aromatic N) is 8. The van der Waals surface area contributed by atoms with E-state index in [2.05, 4.69) is 69.0 Å². The van der Waals surface area contributed by atoms with Gasteiger partial charge in [0.25, 0.3) is 50.6 Å². The summed E-state index contributed by atoms with van der Waals surface area (Å²) in [5.74, 6) is -3.20. The van der Waals surface area contributed by atoms with Crippen molar-refractivity contribution < 1.29 is 124 Å². The third kappa shape index (κ3) is 14.2. The third-order valence-electron chi connectivity index (χ3n) is 13.1. The van der Waals surface area contributed by atoms with Crippen LogP contribution < -0.4 is 5.73 Å². The van der Waals surface area contributed by atoms with Crippen molar-refractivity contribution in [3.63, 3.8) is 0 Å². The fraction of sp³-hybridized carbons (Fsp3) is 0. The predicted octanol–water partition coefficient (Wildman–Crippen LogP) is 13.3. The Morgan fingerprint density at radius 2 is 0.798 bits per heavy atom. The molecule has 0 saturated carbocycles. The number of phenolic OH excluding ortho intramolecular Hbond substituents is 3. The molecule has 0 atom stereocenters. The standard InChI is InChI=1S/C50H33N9O27S8/c51-42-36(56-54-34-11-10-30-32(50(34)94(78,79)80)19-40(92(72,73)74)45(47(30)61)59-53-26-6-2-24-16-28(90(66,67)68)8-4-22(24)14-26)20-39(91(69,70)71)33-18-38(89-86-83-65)44(48(62)41(33)42)58-55-35-12-9-29-31(49(35)93(75,76)77)17-37(88-85-82-64)43(46(29)60)57-52-25-5-1-23-15-27(87-84-81-63)7-3-21(23)13-25/h1-20,60-65H,51H2,(H,66,67,68)(H,69,70,71)(H,72,73,74)(H,75,76,77)(H,78,79,80). The van der Waals surface area contributed by atoms with Gasteiger partial charge in [0.05, 0.1) is 73.3 Å². The molecule has 10 aromatic rings. The highest BCUT2D eigenvalue weighted by Gasteiger charge is 2.31. The number of azo groups is 4. The first-order valence-corrected chi connectivity index (χ1v) is 34.1. The van der Waals surface area contributed by atoms with Gasteiger partial charge in [0, 0.05) is 31.8 Å². The minimum atomic E-state index is -5.66. The van der Waals surface area contributed by atoms with Gasteiger partial charge >= 0.3 is 0 Å². The zero-order valence-corrected chi connectivity index (χ0v) is 52.0. The number of fused-ring (bicyclic) bond motifs is 5. The highest BCUT2D eigenvalue weighted by molar-refractivity contribution is 7.95. The van der Waals surface area contributed by atoms with Gasteiger partial charge in [-0.15, -0.1) is 43.7 Å². The van der Waals surface area contributed by atoms with Crippen LogP contribution in [0.3, 0.4) is 0 Å². The molecule has 0 heterocycles. The number of benzene rings is 10. The van der Waals surface area contributed by atoms with E-state index in [-0.39, 0.29) is 51.1 Å². The summed E-state index contributed by atoms with van der Waals surface area (Å²) in [7, 11) is -26.8. The number of aromatic hydroxyl groups is 3. The second-order valence-electron chi connectivity index (χ2n) is 18.7. The van der Waals surface area contributed by atoms with E-state index in [9.17, 15) is 80.2 Å². The van der Waals surface area contributed by atoms with Crippen LogP contribution >= 0.6 is 36.1 Å². The van der Waals surface area contributed by atoms with Crippen molar-refractivity contribution in [3.8, 4) is 17.2 Å². The Hall–Kier alpha value is -8.66. The van der Waals surface area contributed by atoms with Crippen LogP contribution in [0.1, 0.15) is 0 Å². The van der Waals surface area contributed by atoms with Crippen molar-refractivity contribution in [1.82, 2.24) is 0 Å². The maximum Gasteiger partial charge on any atom is 0.297 e. The molecule has 488 valence electrons. The summed E-state index contributed by atoms with van der Waals surface area (Å²) < 4.78 is 193. The molecular weight excluding hydrogens is 1420 g/mol. The van der Waals surface area contributed by atoms with Crippen LogP contribution in [0.25, 0.3) is 53.9 Å². The van der Waals surface area contributed by atoms with Crippen molar-refractivity contribution in [3.05, 3.63) is 121 Å². The largest absolute Gasteiger partial charge is 0.505 e. The second kappa shape index (κ2) is 26.6. The molecular formula is C50H33N9O27S8. The highest BCUT2D eigenvalue weighted by Crippen LogP contribution is 2.53. The Kier molecular flexibility index (Phi) is 19.3. The van der Waals surface area contributed by atoms with Crippen molar-refractivity contribution in [2.75, 3.05) is 5.73 Å². The lowest BCUT2D eigenvalue weighted by atomic mass is 10.0. The Bertz CT molecular complexity index is 5580. The van der Waals surface area contributed by atoms with Gasteiger partial charge in [-0.2, -0.15) is 52.3 Å². The molecule has 10 aromatic carbocycles. The van der Waals surface area contributed by atoms with Gasteiger partial charge < -0.3 is 21.1 Å². The molecule has 10 rings (SSSR count). The van der Waals surface area contributed by atoms with Crippen molar-refractivity contribution in [2.45, 2.75) is 39.2 Å². The zero-order valence-electron chi connectivity index (χ0n) is 45.4. The Morgan fingerprint density at radius 3 is 1.33 bits per heavy atom. The number of nitrogen functional groups attached to an aromatic ring is 1. The normalized spacial score (nSPS) is 13.1. The molecule has 0 bridgehead atoms. The zero-order chi connectivity index (χ0) is 68.0. The smallest absolute Gasteiger partial charge is 0.297 e. The average Bonchev–Trinajstić information content (AvgIpc) is 0.757. The van der Waals surface area contributed by atoms with E-state index in [0.29, 0.717) is 45.2 Å². The lowest BCUT2D eigenvalue weighted by Gasteiger charge is -2.15. The van der Waals surface area contributed by atoms with E-state index in [1.54, 1.807) is 30.3 Å². The van der Waals surface area contributed by atoms with Crippen LogP contribution in [0.2, 0.25) is 0 Å². The topological polar surface area (TPSA) is 574 Å². The van der Waals surface area contributed by atoms with Crippen LogP contribution in [0.15, 0.2) is 201 Å². The number of rotatable bonds is 22. The number of hydrogen-bond acceptors (Lipinski definition) is 34. The summed E-state index contributed by atoms with van der Waals surface area (Å²) in [4.78, 5) is -5.72. The quantitative estimate of drug-likeness (QED) is 0.00749. The minimum Gasteiger partial charge on any atom is -0.505 e. The predicted molar refractivity (Wildman–Crippen MR) is 327 cm³/mol. The fourth-order valence-electron chi connectivity index (χ4n) is 9.23. The summed E-state index contributed by atoms with van der Waals surface area (Å²) >= 11 is 0.849. The van der Waals surface area contributed by atoms with E-state index >= 15 is 0 Å². The molecule has 0 spiro atoms. The van der Waals surface area contributed by atoms with E-state index in [1.807, 2.05) is 0 Å². The van der Waals surface area contributed by atoms with E-state index in [1.165, 1.54) is 30.3 Å². The van der Waals surface area contributed by atoms with E-state index in [0.717, 1.165) is 48.5 Å². The van der Waals surface area contributed by atoms with Gasteiger partial charge in [-0.25, -0.2) is 15.8 Å². The van der Waals surface area contributed by atoms with Gasteiger partial charge in [-0.05, 0) is 119 Å². The molecule has 0 unspecified atom stereocenters. The van der Waals surface area contributed by atoms with Gasteiger partial charge in [0.2, 0.25) is 0 Å². The monoisotopic (exact) mass is 1450 g/mol. The Morgan fingerprint density at radius 1 is 0.362 bits per heavy atom. The molecule has 0 aliphatic carbocycles. The lowest BCUT2D eigenvalue weighted by molar-refractivity contribution is -0.432. The maximum atomic E-state index is 13.3. The molecule has 0 aliphatic rings. The number of phenols is 3. The van der Waals surface area contributed by atoms with E-state index < -0.39 is 164 Å². The van der Waals surface area contributed by atoms with Crippen LogP contribution in [0.5, 0.6) is 17.2 Å². The molecule has 0 saturated heterocycles. The Labute approximate surface area is 536 Å². The molecule has 36 nitrogen and oxygen atoms in total. The first-order valence-electron chi connectivity index (χ1n) is 24.6. The number of anilines is 1. The van der Waals surface area contributed by atoms with Crippen molar-refractivity contribution in [1.29, 1.82) is 0 Å². The summed E-state index contributed by atoms with van der Waals surface area (Å²) in [6.45, 7) is 0. The summed E-state index contributed by atoms with van der Waals surface area (Å²) in [5, 5.41) is 102. The fourth-order valence-corrected chi connectivity index (χ4v) is 14.1. The van der Waals surface area contributed by atoms with Crippen molar-refractivity contribution >= 4 is 192 Å². The summed E-state index contributed by atoms with van der Waals surface area (Å²) in [6.07, 6.45) is 0. The molecule has 0 fully saturated rings. The molecule has 13 N–H and O–H groups in total. The first-order chi connectivity index (χ1) is 44.3. The number of hydrogen-bond donors (Lipinski definition) is 12. The average molecular weight is 1450 g/mol. The Balaban J connectivity index is 1.07. The third-order valence-corrected chi connectivity index (χ3v) is 19.4. The summed E-state index contributed by atoms with van der Waals surface area (Å²) in [5.41, 5.74) is 0.954.